The number of nitrogens with zero attached hydrogens (tertiary/aromatic N) is 3. The maximum absolute atomic E-state index is 12.0. The lowest BCUT2D eigenvalue weighted by Crippen LogP contribution is -2.26. The van der Waals surface area contributed by atoms with E-state index in [1.807, 2.05) is 13.1 Å². The Hall–Kier alpha value is -1.36. The van der Waals surface area contributed by atoms with Crippen molar-refractivity contribution in [1.29, 1.82) is 0 Å². The van der Waals surface area contributed by atoms with Gasteiger partial charge in [0.15, 0.2) is 0 Å². The summed E-state index contributed by atoms with van der Waals surface area (Å²) in [5, 5.41) is 4.27. The Morgan fingerprint density at radius 2 is 2.11 bits per heavy atom. The summed E-state index contributed by atoms with van der Waals surface area (Å²) >= 11 is 0. The molecule has 1 saturated heterocycles. The molecular formula is C14H24N4O. The van der Waals surface area contributed by atoms with E-state index < -0.39 is 0 Å². The van der Waals surface area contributed by atoms with E-state index in [0.29, 0.717) is 6.54 Å². The van der Waals surface area contributed by atoms with Crippen LogP contribution in [0.15, 0.2) is 17.1 Å². The van der Waals surface area contributed by atoms with Crippen molar-refractivity contribution in [3.63, 3.8) is 0 Å². The fourth-order valence-corrected chi connectivity index (χ4v) is 2.47. The maximum Gasteiger partial charge on any atom is 0.268 e. The highest BCUT2D eigenvalue weighted by Gasteiger charge is 2.13. The average molecular weight is 264 g/mol. The van der Waals surface area contributed by atoms with Gasteiger partial charge in [-0.3, -0.25) is 4.79 Å². The SMILES string of the molecule is CC(N)CCCCn1ncc(N2CCCC2)cc1=O. The lowest BCUT2D eigenvalue weighted by atomic mass is 10.1. The van der Waals surface area contributed by atoms with Crippen LogP contribution in [0.4, 0.5) is 5.69 Å². The van der Waals surface area contributed by atoms with Gasteiger partial charge in [0.2, 0.25) is 0 Å². The standard InChI is InChI=1S/C14H24N4O/c1-12(15)6-2-3-9-18-14(19)10-13(11-16-18)17-7-4-5-8-17/h10-12H,2-9,15H2,1H3. The minimum atomic E-state index is 0.00481. The highest BCUT2D eigenvalue weighted by Crippen LogP contribution is 2.16. The van der Waals surface area contributed by atoms with E-state index in [2.05, 4.69) is 10.00 Å². The van der Waals surface area contributed by atoms with E-state index in [4.69, 9.17) is 5.73 Å². The molecule has 1 aromatic heterocycles. The van der Waals surface area contributed by atoms with Crippen molar-refractivity contribution >= 4 is 5.69 Å². The van der Waals surface area contributed by atoms with Crippen molar-refractivity contribution in [2.45, 2.75) is 51.6 Å². The van der Waals surface area contributed by atoms with Crippen LogP contribution in [0, 0.1) is 0 Å². The summed E-state index contributed by atoms with van der Waals surface area (Å²) in [6.45, 7) is 4.78. The van der Waals surface area contributed by atoms with Gasteiger partial charge in [0.05, 0.1) is 11.9 Å². The van der Waals surface area contributed by atoms with Crippen molar-refractivity contribution in [2.75, 3.05) is 18.0 Å². The summed E-state index contributed by atoms with van der Waals surface area (Å²) in [7, 11) is 0. The fraction of sp³-hybridized carbons (Fsp3) is 0.714. The third-order valence-electron chi connectivity index (χ3n) is 3.61. The predicted octanol–water partition coefficient (Wildman–Crippen LogP) is 1.36. The van der Waals surface area contributed by atoms with E-state index in [0.717, 1.165) is 38.0 Å². The summed E-state index contributed by atoms with van der Waals surface area (Å²) in [5.74, 6) is 0. The van der Waals surface area contributed by atoms with E-state index in [9.17, 15) is 4.79 Å². The Morgan fingerprint density at radius 1 is 1.37 bits per heavy atom. The smallest absolute Gasteiger partial charge is 0.268 e. The zero-order valence-electron chi connectivity index (χ0n) is 11.7. The lowest BCUT2D eigenvalue weighted by Gasteiger charge is -2.17. The molecule has 1 fully saturated rings. The van der Waals surface area contributed by atoms with Gasteiger partial charge in [-0.2, -0.15) is 5.10 Å². The first-order valence-corrected chi connectivity index (χ1v) is 7.24. The number of anilines is 1. The highest BCUT2D eigenvalue weighted by molar-refractivity contribution is 5.43. The molecule has 5 heteroatoms. The second kappa shape index (κ2) is 6.70. The van der Waals surface area contributed by atoms with Crippen molar-refractivity contribution < 1.29 is 0 Å². The first-order valence-electron chi connectivity index (χ1n) is 7.24. The molecule has 19 heavy (non-hydrogen) atoms. The Labute approximate surface area is 114 Å². The van der Waals surface area contributed by atoms with Crippen molar-refractivity contribution in [2.24, 2.45) is 5.73 Å². The molecule has 0 spiro atoms. The third kappa shape index (κ3) is 4.06. The molecule has 0 radical (unpaired) electrons. The number of nitrogens with two attached hydrogens (primary N) is 1. The van der Waals surface area contributed by atoms with Crippen LogP contribution >= 0.6 is 0 Å². The first kappa shape index (κ1) is 14.1. The van der Waals surface area contributed by atoms with Gasteiger partial charge in [0.25, 0.3) is 5.56 Å². The maximum atomic E-state index is 12.0. The third-order valence-corrected chi connectivity index (χ3v) is 3.61. The summed E-state index contributed by atoms with van der Waals surface area (Å²) in [4.78, 5) is 14.2. The van der Waals surface area contributed by atoms with Crippen molar-refractivity contribution in [3.05, 3.63) is 22.6 Å². The molecule has 1 aliphatic heterocycles. The highest BCUT2D eigenvalue weighted by atomic mass is 16.1. The fourth-order valence-electron chi connectivity index (χ4n) is 2.47. The molecule has 1 atom stereocenters. The molecule has 5 nitrogen and oxygen atoms in total. The normalized spacial score (nSPS) is 16.8. The van der Waals surface area contributed by atoms with Gasteiger partial charge in [0.1, 0.15) is 0 Å². The summed E-state index contributed by atoms with van der Waals surface area (Å²) in [5.41, 5.74) is 6.67. The monoisotopic (exact) mass is 264 g/mol. The zero-order valence-corrected chi connectivity index (χ0v) is 11.7. The van der Waals surface area contributed by atoms with E-state index >= 15 is 0 Å². The number of hydrogen-bond donors (Lipinski definition) is 1. The number of hydrogen-bond acceptors (Lipinski definition) is 4. The van der Waals surface area contributed by atoms with E-state index in [1.54, 1.807) is 10.7 Å². The largest absolute Gasteiger partial charge is 0.370 e. The second-order valence-electron chi connectivity index (χ2n) is 5.44. The molecule has 2 rings (SSSR count). The molecule has 2 N–H and O–H groups in total. The first-order chi connectivity index (χ1) is 9.16. The van der Waals surface area contributed by atoms with Crippen LogP contribution in [0.1, 0.15) is 39.0 Å². The Kier molecular flexibility index (Phi) is 4.96. The predicted molar refractivity (Wildman–Crippen MR) is 77.4 cm³/mol. The van der Waals surface area contributed by atoms with Crippen LogP contribution in [0.5, 0.6) is 0 Å². The quantitative estimate of drug-likeness (QED) is 0.788. The van der Waals surface area contributed by atoms with Crippen molar-refractivity contribution in [3.8, 4) is 0 Å². The van der Waals surface area contributed by atoms with Crippen LogP contribution in [-0.2, 0) is 6.54 Å². The molecule has 106 valence electrons. The van der Waals surface area contributed by atoms with Crippen molar-refractivity contribution in [1.82, 2.24) is 9.78 Å². The van der Waals surface area contributed by atoms with Crippen LogP contribution < -0.4 is 16.2 Å². The summed E-state index contributed by atoms with van der Waals surface area (Å²) in [6.07, 6.45) is 7.23. The minimum Gasteiger partial charge on any atom is -0.370 e. The van der Waals surface area contributed by atoms with Crippen LogP contribution in [-0.4, -0.2) is 28.9 Å². The molecule has 1 unspecified atom stereocenters. The van der Waals surface area contributed by atoms with Gasteiger partial charge in [0, 0.05) is 31.7 Å². The van der Waals surface area contributed by atoms with Gasteiger partial charge in [-0.05, 0) is 32.6 Å². The Morgan fingerprint density at radius 3 is 2.74 bits per heavy atom. The molecule has 0 saturated carbocycles. The number of aromatic nitrogens is 2. The molecule has 0 aliphatic carbocycles. The number of unbranched alkanes of at least 4 members (excludes halogenated alkanes) is 1. The molecule has 1 aliphatic rings. The topological polar surface area (TPSA) is 64.2 Å². The molecule has 0 amide bonds. The van der Waals surface area contributed by atoms with Gasteiger partial charge in [-0.15, -0.1) is 0 Å². The zero-order chi connectivity index (χ0) is 13.7. The molecule has 0 bridgehead atoms. The lowest BCUT2D eigenvalue weighted by molar-refractivity contribution is 0.503. The van der Waals surface area contributed by atoms with Gasteiger partial charge in [-0.1, -0.05) is 6.42 Å². The molecule has 0 aromatic carbocycles. The Bertz CT molecular complexity index is 449. The Balaban J connectivity index is 1.90. The van der Waals surface area contributed by atoms with Gasteiger partial charge < -0.3 is 10.6 Å². The van der Waals surface area contributed by atoms with Crippen LogP contribution in [0.2, 0.25) is 0 Å². The van der Waals surface area contributed by atoms with Crippen LogP contribution in [0.3, 0.4) is 0 Å². The minimum absolute atomic E-state index is 0.00481. The average Bonchev–Trinajstić information content (AvgIpc) is 2.89. The molecular weight excluding hydrogens is 240 g/mol. The number of aryl methyl sites for hydroxylation is 1. The summed E-state index contributed by atoms with van der Waals surface area (Å²) < 4.78 is 1.56. The van der Waals surface area contributed by atoms with E-state index in [1.165, 1.54) is 12.8 Å². The molecule has 2 heterocycles. The van der Waals surface area contributed by atoms with Gasteiger partial charge >= 0.3 is 0 Å². The second-order valence-corrected chi connectivity index (χ2v) is 5.44. The van der Waals surface area contributed by atoms with Crippen LogP contribution in [0.25, 0.3) is 0 Å². The van der Waals surface area contributed by atoms with Gasteiger partial charge in [-0.25, -0.2) is 4.68 Å². The number of rotatable bonds is 6. The molecule has 1 aromatic rings. The van der Waals surface area contributed by atoms with E-state index in [-0.39, 0.29) is 11.6 Å². The summed E-state index contributed by atoms with van der Waals surface area (Å²) in [6, 6.07) is 1.95.